The van der Waals surface area contributed by atoms with Gasteiger partial charge in [-0.15, -0.1) is 0 Å². The van der Waals surface area contributed by atoms with Gasteiger partial charge in [-0.05, 0) is 42.5 Å². The molecule has 0 aliphatic heterocycles. The van der Waals surface area contributed by atoms with Crippen LogP contribution >= 0.6 is 11.6 Å². The van der Waals surface area contributed by atoms with E-state index in [-0.39, 0.29) is 5.84 Å². The lowest BCUT2D eigenvalue weighted by molar-refractivity contribution is -0.137. The molecule has 0 aromatic heterocycles. The summed E-state index contributed by atoms with van der Waals surface area (Å²) < 4.78 is 37.2. The van der Waals surface area contributed by atoms with Crippen LogP contribution in [0.15, 0.2) is 59.7 Å². The first-order chi connectivity index (χ1) is 12.7. The Labute approximate surface area is 159 Å². The molecule has 0 aliphatic rings. The highest BCUT2D eigenvalue weighted by molar-refractivity contribution is 6.31. The number of carbonyl (C=O) groups excluding carboxylic acids is 1. The van der Waals surface area contributed by atoms with Crippen molar-refractivity contribution in [2.45, 2.75) is 6.18 Å². The second kappa shape index (κ2) is 10.2. The minimum Gasteiger partial charge on any atom is -0.398 e. The number of nitrogens with zero attached hydrogens (tertiary/aromatic N) is 1. The van der Waals surface area contributed by atoms with Gasteiger partial charge in [-0.25, -0.2) is 0 Å². The summed E-state index contributed by atoms with van der Waals surface area (Å²) >= 11 is 5.58. The van der Waals surface area contributed by atoms with Crippen molar-refractivity contribution in [2.24, 2.45) is 10.7 Å². The van der Waals surface area contributed by atoms with Crippen molar-refractivity contribution in [1.29, 1.82) is 0 Å². The van der Waals surface area contributed by atoms with Crippen LogP contribution in [0.3, 0.4) is 0 Å². The SMILES string of the molecule is CN=C(N)/C=C\Nc1cccc(C(F)(F)F)c1.Nc1ccc(Cl)cc1C=O. The smallest absolute Gasteiger partial charge is 0.398 e. The predicted octanol–water partition coefficient (Wildman–Crippen LogP) is 4.35. The zero-order valence-corrected chi connectivity index (χ0v) is 15.1. The van der Waals surface area contributed by atoms with Crippen molar-refractivity contribution >= 4 is 35.1 Å². The van der Waals surface area contributed by atoms with E-state index in [9.17, 15) is 18.0 Å². The van der Waals surface area contributed by atoms with E-state index in [1.54, 1.807) is 12.1 Å². The molecule has 0 saturated carbocycles. The number of amidine groups is 1. The lowest BCUT2D eigenvalue weighted by Gasteiger charge is -2.08. The van der Waals surface area contributed by atoms with Crippen molar-refractivity contribution in [2.75, 3.05) is 18.1 Å². The molecule has 0 atom stereocenters. The van der Waals surface area contributed by atoms with Gasteiger partial charge in [0.2, 0.25) is 0 Å². The first-order valence-corrected chi connectivity index (χ1v) is 7.88. The minimum absolute atomic E-state index is 0.282. The first-order valence-electron chi connectivity index (χ1n) is 7.50. The van der Waals surface area contributed by atoms with E-state index in [0.29, 0.717) is 28.2 Å². The molecule has 5 N–H and O–H groups in total. The Bertz CT molecular complexity index is 836. The molecule has 144 valence electrons. The molecule has 0 fully saturated rings. The summed E-state index contributed by atoms with van der Waals surface area (Å²) in [6, 6.07) is 9.66. The van der Waals surface area contributed by atoms with Gasteiger partial charge in [0.25, 0.3) is 0 Å². The molecular weight excluding hydrogens is 381 g/mol. The van der Waals surface area contributed by atoms with Gasteiger partial charge in [-0.3, -0.25) is 9.79 Å². The van der Waals surface area contributed by atoms with Crippen LogP contribution in [-0.2, 0) is 6.18 Å². The molecule has 5 nitrogen and oxygen atoms in total. The van der Waals surface area contributed by atoms with E-state index in [0.717, 1.165) is 12.1 Å². The van der Waals surface area contributed by atoms with Crippen molar-refractivity contribution in [3.63, 3.8) is 0 Å². The number of aliphatic imine (C=N–C) groups is 1. The molecule has 0 radical (unpaired) electrons. The van der Waals surface area contributed by atoms with Crippen LogP contribution in [-0.4, -0.2) is 19.2 Å². The van der Waals surface area contributed by atoms with E-state index in [1.165, 1.54) is 37.5 Å². The average Bonchev–Trinajstić information content (AvgIpc) is 2.63. The number of nitrogen functional groups attached to an aromatic ring is 1. The second-order valence-corrected chi connectivity index (χ2v) is 5.53. The Morgan fingerprint density at radius 3 is 2.48 bits per heavy atom. The number of hydrogen-bond donors (Lipinski definition) is 3. The van der Waals surface area contributed by atoms with Gasteiger partial charge in [0.15, 0.2) is 6.29 Å². The molecular formula is C18H18ClF3N4O. The Hall–Kier alpha value is -3.00. The Balaban J connectivity index is 0.000000309. The summed E-state index contributed by atoms with van der Waals surface area (Å²) in [6.07, 6.45) is -0.773. The highest BCUT2D eigenvalue weighted by Crippen LogP contribution is 2.30. The largest absolute Gasteiger partial charge is 0.416 e. The number of nitrogens with two attached hydrogens (primary N) is 2. The van der Waals surface area contributed by atoms with Gasteiger partial charge in [-0.2, -0.15) is 13.2 Å². The lowest BCUT2D eigenvalue weighted by Crippen LogP contribution is -2.08. The van der Waals surface area contributed by atoms with Crippen molar-refractivity contribution < 1.29 is 18.0 Å². The molecule has 0 spiro atoms. The number of halogens is 4. The van der Waals surface area contributed by atoms with E-state index < -0.39 is 11.7 Å². The Morgan fingerprint density at radius 1 is 1.22 bits per heavy atom. The fourth-order valence-electron chi connectivity index (χ4n) is 1.73. The van der Waals surface area contributed by atoms with Crippen molar-refractivity contribution in [3.05, 3.63) is 70.9 Å². The highest BCUT2D eigenvalue weighted by atomic mass is 35.5. The maximum atomic E-state index is 12.4. The van der Waals surface area contributed by atoms with Gasteiger partial charge in [0.1, 0.15) is 5.84 Å². The van der Waals surface area contributed by atoms with E-state index in [1.807, 2.05) is 0 Å². The number of aldehydes is 1. The molecule has 0 heterocycles. The number of benzene rings is 2. The molecule has 0 bridgehead atoms. The number of rotatable bonds is 4. The summed E-state index contributed by atoms with van der Waals surface area (Å²) in [5.41, 5.74) is 11.3. The summed E-state index contributed by atoms with van der Waals surface area (Å²) in [7, 11) is 1.52. The predicted molar refractivity (Wildman–Crippen MR) is 103 cm³/mol. The number of anilines is 2. The number of alkyl halides is 3. The molecule has 2 aromatic carbocycles. The molecule has 0 aliphatic carbocycles. The standard InChI is InChI=1S/C11H12F3N3.C7H6ClNO/c1-16-10(15)5-6-17-9-4-2-3-8(7-9)11(12,13)14;8-6-1-2-7(9)5(3-6)4-10/h2-7,17H,1H3,(H2,15,16);1-4H,9H2/b6-5-;. The number of hydrogen-bond acceptors (Lipinski definition) is 4. The normalized spacial score (nSPS) is 11.7. The average molecular weight is 399 g/mol. The van der Waals surface area contributed by atoms with E-state index in [4.69, 9.17) is 23.1 Å². The van der Waals surface area contributed by atoms with Crippen LogP contribution in [0.4, 0.5) is 24.5 Å². The molecule has 0 amide bonds. The second-order valence-electron chi connectivity index (χ2n) is 5.10. The maximum Gasteiger partial charge on any atom is 0.416 e. The summed E-state index contributed by atoms with van der Waals surface area (Å²) in [5.74, 6) is 0.282. The van der Waals surface area contributed by atoms with E-state index >= 15 is 0 Å². The van der Waals surface area contributed by atoms with E-state index in [2.05, 4.69) is 10.3 Å². The third kappa shape index (κ3) is 7.83. The van der Waals surface area contributed by atoms with Gasteiger partial charge in [-0.1, -0.05) is 17.7 Å². The third-order valence-corrected chi connectivity index (χ3v) is 3.36. The quantitative estimate of drug-likeness (QED) is 0.309. The molecule has 0 unspecified atom stereocenters. The zero-order chi connectivity index (χ0) is 20.4. The topological polar surface area (TPSA) is 93.5 Å². The molecule has 2 aromatic rings. The molecule has 27 heavy (non-hydrogen) atoms. The van der Waals surface area contributed by atoms with Crippen LogP contribution in [0.2, 0.25) is 5.02 Å². The monoisotopic (exact) mass is 398 g/mol. The van der Waals surface area contributed by atoms with Crippen LogP contribution in [0.5, 0.6) is 0 Å². The Morgan fingerprint density at radius 2 is 1.93 bits per heavy atom. The Kier molecular flexibility index (Phi) is 8.34. The van der Waals surface area contributed by atoms with Gasteiger partial charge in [0.05, 0.1) is 5.56 Å². The summed E-state index contributed by atoms with van der Waals surface area (Å²) in [6.45, 7) is 0. The number of nitrogens with one attached hydrogen (secondary N) is 1. The zero-order valence-electron chi connectivity index (χ0n) is 14.3. The fourth-order valence-corrected chi connectivity index (χ4v) is 1.91. The van der Waals surface area contributed by atoms with Gasteiger partial charge < -0.3 is 16.8 Å². The van der Waals surface area contributed by atoms with Crippen molar-refractivity contribution in [1.82, 2.24) is 0 Å². The van der Waals surface area contributed by atoms with Crippen LogP contribution < -0.4 is 16.8 Å². The van der Waals surface area contributed by atoms with Gasteiger partial charge >= 0.3 is 6.18 Å². The number of carbonyl (C=O) groups is 1. The van der Waals surface area contributed by atoms with Crippen LogP contribution in [0.25, 0.3) is 0 Å². The molecule has 9 heteroatoms. The highest BCUT2D eigenvalue weighted by Gasteiger charge is 2.30. The summed E-state index contributed by atoms with van der Waals surface area (Å²) in [5, 5.41) is 3.21. The minimum atomic E-state index is -4.34. The third-order valence-electron chi connectivity index (χ3n) is 3.13. The first kappa shape index (κ1) is 22.0. The van der Waals surface area contributed by atoms with Crippen LogP contribution in [0, 0.1) is 0 Å². The van der Waals surface area contributed by atoms with Crippen molar-refractivity contribution in [3.8, 4) is 0 Å². The molecule has 0 saturated heterocycles. The fraction of sp³-hybridized carbons (Fsp3) is 0.111. The maximum absolute atomic E-state index is 12.4. The molecule has 2 rings (SSSR count). The van der Waals surface area contributed by atoms with Gasteiger partial charge in [0, 0.05) is 35.2 Å². The summed E-state index contributed by atoms with van der Waals surface area (Å²) in [4.78, 5) is 13.9. The van der Waals surface area contributed by atoms with Crippen LogP contribution in [0.1, 0.15) is 15.9 Å². The lowest BCUT2D eigenvalue weighted by atomic mass is 10.2.